The largest absolute Gasteiger partial charge is 0.497 e. The smallest absolute Gasteiger partial charge is 0.280 e. The van der Waals surface area contributed by atoms with Gasteiger partial charge >= 0.3 is 0 Å². The molecule has 37 heavy (non-hydrogen) atoms. The molecular weight excluding hydrogens is 485 g/mol. The number of nitrogens with zero attached hydrogens (tertiary/aromatic N) is 2. The highest BCUT2D eigenvalue weighted by molar-refractivity contribution is 7.99. The number of aromatic amines is 1. The maximum absolute atomic E-state index is 13.7. The van der Waals surface area contributed by atoms with E-state index in [-0.39, 0.29) is 11.4 Å². The van der Waals surface area contributed by atoms with E-state index in [9.17, 15) is 9.18 Å². The topological polar surface area (TPSA) is 59.4 Å². The predicted molar refractivity (Wildman–Crippen MR) is 147 cm³/mol. The summed E-state index contributed by atoms with van der Waals surface area (Å²) in [7, 11) is 1.61. The van der Waals surface area contributed by atoms with Crippen molar-refractivity contribution in [1.82, 2.24) is 9.78 Å². The Morgan fingerprint density at radius 2 is 1.57 bits per heavy atom. The number of rotatable bonds is 7. The SMILES string of the molecule is COc1ccc(-c2[nH]n(-c3ccc(F)cc3)c(=O)c2C(C)=Nc2ccccc2Sc2ccccc2)cc1. The number of benzene rings is 4. The number of halogens is 1. The van der Waals surface area contributed by atoms with E-state index in [1.165, 1.54) is 16.8 Å². The molecule has 0 unspecified atom stereocenters. The summed E-state index contributed by atoms with van der Waals surface area (Å²) in [4.78, 5) is 20.7. The highest BCUT2D eigenvalue weighted by Crippen LogP contribution is 2.35. The summed E-state index contributed by atoms with van der Waals surface area (Å²) in [5, 5.41) is 3.22. The molecule has 0 aliphatic heterocycles. The third-order valence-electron chi connectivity index (χ3n) is 5.84. The monoisotopic (exact) mass is 509 g/mol. The summed E-state index contributed by atoms with van der Waals surface area (Å²) in [6.07, 6.45) is 0. The number of hydrogen-bond donors (Lipinski definition) is 1. The van der Waals surface area contributed by atoms with Crippen LogP contribution in [-0.2, 0) is 0 Å². The molecule has 1 aromatic heterocycles. The Kier molecular flexibility index (Phi) is 7.05. The Morgan fingerprint density at radius 1 is 0.892 bits per heavy atom. The first-order valence-corrected chi connectivity index (χ1v) is 12.5. The highest BCUT2D eigenvalue weighted by atomic mass is 32.2. The molecular formula is C30H24FN3O2S. The van der Waals surface area contributed by atoms with Crippen LogP contribution in [0.15, 0.2) is 123 Å². The molecule has 1 N–H and O–H groups in total. The zero-order chi connectivity index (χ0) is 25.8. The van der Waals surface area contributed by atoms with Crippen molar-refractivity contribution in [2.24, 2.45) is 4.99 Å². The third-order valence-corrected chi connectivity index (χ3v) is 6.91. The molecule has 0 aliphatic rings. The second kappa shape index (κ2) is 10.7. The van der Waals surface area contributed by atoms with E-state index < -0.39 is 0 Å². The van der Waals surface area contributed by atoms with Crippen molar-refractivity contribution in [3.8, 4) is 22.7 Å². The van der Waals surface area contributed by atoms with Crippen molar-refractivity contribution in [1.29, 1.82) is 0 Å². The molecule has 0 saturated heterocycles. The van der Waals surface area contributed by atoms with Crippen LogP contribution in [0.25, 0.3) is 16.9 Å². The minimum absolute atomic E-state index is 0.271. The number of aliphatic imine (C=N–C) groups is 1. The second-order valence-corrected chi connectivity index (χ2v) is 9.40. The molecule has 0 aliphatic carbocycles. The number of para-hydroxylation sites is 1. The van der Waals surface area contributed by atoms with E-state index in [0.717, 1.165) is 21.0 Å². The summed E-state index contributed by atoms with van der Waals surface area (Å²) >= 11 is 1.62. The van der Waals surface area contributed by atoms with Gasteiger partial charge in [0, 0.05) is 15.4 Å². The lowest BCUT2D eigenvalue weighted by Crippen LogP contribution is -2.19. The normalized spacial score (nSPS) is 11.5. The van der Waals surface area contributed by atoms with E-state index >= 15 is 0 Å². The standard InChI is InChI=1S/C30H24FN3O2S/c1-20(32-26-10-6-7-11-27(26)37-25-8-4-3-5-9-25)28-29(21-12-18-24(36-2)19-13-21)33-34(30(28)35)23-16-14-22(31)15-17-23/h3-19,33H,1-2H3. The summed E-state index contributed by atoms with van der Waals surface area (Å²) in [6, 6.07) is 31.2. The zero-order valence-corrected chi connectivity index (χ0v) is 21.1. The van der Waals surface area contributed by atoms with Gasteiger partial charge in [-0.1, -0.05) is 42.1 Å². The van der Waals surface area contributed by atoms with Gasteiger partial charge < -0.3 is 4.74 Å². The first-order valence-electron chi connectivity index (χ1n) is 11.7. The number of ether oxygens (including phenoxy) is 1. The van der Waals surface area contributed by atoms with Crippen molar-refractivity contribution in [2.45, 2.75) is 16.7 Å². The number of methoxy groups -OCH3 is 1. The molecule has 7 heteroatoms. The van der Waals surface area contributed by atoms with Gasteiger partial charge in [-0.15, -0.1) is 0 Å². The molecule has 5 rings (SSSR count). The molecule has 5 aromatic rings. The quantitative estimate of drug-likeness (QED) is 0.235. The number of hydrogen-bond acceptors (Lipinski definition) is 4. The van der Waals surface area contributed by atoms with Gasteiger partial charge in [-0.05, 0) is 79.7 Å². The second-order valence-electron chi connectivity index (χ2n) is 8.29. The summed E-state index contributed by atoms with van der Waals surface area (Å²) < 4.78 is 20.3. The molecule has 0 radical (unpaired) electrons. The number of nitrogens with one attached hydrogen (secondary N) is 1. The Balaban J connectivity index is 1.63. The Bertz CT molecular complexity index is 1610. The van der Waals surface area contributed by atoms with Crippen molar-refractivity contribution >= 4 is 23.2 Å². The number of H-pyrrole nitrogens is 1. The van der Waals surface area contributed by atoms with Gasteiger partial charge in [0.05, 0.1) is 35.5 Å². The summed E-state index contributed by atoms with van der Waals surface area (Å²) in [5.41, 5.74) is 3.44. The predicted octanol–water partition coefficient (Wildman–Crippen LogP) is 7.27. The fourth-order valence-corrected chi connectivity index (χ4v) is 4.91. The van der Waals surface area contributed by atoms with Crippen LogP contribution in [0.1, 0.15) is 12.5 Å². The molecule has 4 aromatic carbocycles. The number of aromatic nitrogens is 2. The van der Waals surface area contributed by atoms with E-state index in [1.807, 2.05) is 85.8 Å². The first-order chi connectivity index (χ1) is 18.0. The van der Waals surface area contributed by atoms with E-state index in [1.54, 1.807) is 31.0 Å². The zero-order valence-electron chi connectivity index (χ0n) is 20.3. The van der Waals surface area contributed by atoms with Gasteiger partial charge in [0.15, 0.2) is 0 Å². The van der Waals surface area contributed by atoms with Crippen LogP contribution in [0.2, 0.25) is 0 Å². The highest BCUT2D eigenvalue weighted by Gasteiger charge is 2.20. The van der Waals surface area contributed by atoms with Crippen LogP contribution in [0.3, 0.4) is 0 Å². The van der Waals surface area contributed by atoms with Crippen LogP contribution in [-0.4, -0.2) is 22.6 Å². The lowest BCUT2D eigenvalue weighted by Gasteiger charge is -2.08. The van der Waals surface area contributed by atoms with Crippen LogP contribution < -0.4 is 10.3 Å². The molecule has 0 spiro atoms. The van der Waals surface area contributed by atoms with Gasteiger partial charge in [-0.3, -0.25) is 14.9 Å². The van der Waals surface area contributed by atoms with Gasteiger partial charge in [-0.2, -0.15) is 0 Å². The van der Waals surface area contributed by atoms with Gasteiger partial charge in [0.1, 0.15) is 11.6 Å². The molecule has 0 fully saturated rings. The molecule has 0 bridgehead atoms. The summed E-state index contributed by atoms with van der Waals surface area (Å²) in [6.45, 7) is 1.83. The minimum atomic E-state index is -0.371. The van der Waals surface area contributed by atoms with E-state index in [4.69, 9.17) is 9.73 Å². The Labute approximate surface area is 218 Å². The molecule has 0 atom stereocenters. The minimum Gasteiger partial charge on any atom is -0.497 e. The lowest BCUT2D eigenvalue weighted by atomic mass is 10.0. The lowest BCUT2D eigenvalue weighted by molar-refractivity contribution is 0.415. The van der Waals surface area contributed by atoms with Crippen molar-refractivity contribution < 1.29 is 9.13 Å². The van der Waals surface area contributed by atoms with Crippen molar-refractivity contribution in [3.05, 3.63) is 125 Å². The average Bonchev–Trinajstić information content (AvgIpc) is 3.28. The van der Waals surface area contributed by atoms with E-state index in [0.29, 0.717) is 28.4 Å². The van der Waals surface area contributed by atoms with Crippen molar-refractivity contribution in [2.75, 3.05) is 7.11 Å². The maximum Gasteiger partial charge on any atom is 0.280 e. The fraction of sp³-hybridized carbons (Fsp3) is 0.0667. The van der Waals surface area contributed by atoms with Crippen molar-refractivity contribution in [3.63, 3.8) is 0 Å². The molecule has 1 heterocycles. The van der Waals surface area contributed by atoms with Crippen LogP contribution in [0.5, 0.6) is 5.75 Å². The van der Waals surface area contributed by atoms with Gasteiger partial charge in [-0.25, -0.2) is 9.07 Å². The summed E-state index contributed by atoms with van der Waals surface area (Å²) in [5.74, 6) is 0.340. The van der Waals surface area contributed by atoms with Gasteiger partial charge in [0.2, 0.25) is 0 Å². The van der Waals surface area contributed by atoms with Crippen LogP contribution in [0, 0.1) is 5.82 Å². The van der Waals surface area contributed by atoms with Crippen LogP contribution >= 0.6 is 11.8 Å². The Morgan fingerprint density at radius 3 is 2.27 bits per heavy atom. The average molecular weight is 510 g/mol. The van der Waals surface area contributed by atoms with Gasteiger partial charge in [0.25, 0.3) is 5.56 Å². The molecule has 0 amide bonds. The van der Waals surface area contributed by atoms with Crippen LogP contribution in [0.4, 0.5) is 10.1 Å². The Hall–Kier alpha value is -4.36. The maximum atomic E-state index is 13.7. The van der Waals surface area contributed by atoms with E-state index in [2.05, 4.69) is 5.10 Å². The fourth-order valence-electron chi connectivity index (χ4n) is 4.00. The first kappa shape index (κ1) is 24.3. The molecule has 0 saturated carbocycles. The molecule has 184 valence electrons. The third kappa shape index (κ3) is 5.27. The molecule has 5 nitrogen and oxygen atoms in total.